The number of carbonyl (C=O) groups excluding carboxylic acids is 2. The van der Waals surface area contributed by atoms with Crippen LogP contribution in [-0.2, 0) is 14.3 Å². The van der Waals surface area contributed by atoms with Crippen LogP contribution in [-0.4, -0.2) is 46.9 Å². The van der Waals surface area contributed by atoms with Gasteiger partial charge in [0.05, 0.1) is 25.2 Å². The summed E-state index contributed by atoms with van der Waals surface area (Å²) < 4.78 is 5.92. The summed E-state index contributed by atoms with van der Waals surface area (Å²) in [6, 6.07) is -0.703. The SMILES string of the molecule is CCCC/C=C\CCCCCCCC(=O)OC(CCCCC/C=C/CCCCCCCCCCC)CC(=O)NC(CO)C(O)CCCCCCCCCCCCCCC. The average molecular weight is 832 g/mol. The van der Waals surface area contributed by atoms with Gasteiger partial charge in [0.15, 0.2) is 0 Å². The van der Waals surface area contributed by atoms with Crippen molar-refractivity contribution < 1.29 is 24.5 Å². The van der Waals surface area contributed by atoms with E-state index in [1.165, 1.54) is 167 Å². The number of unbranched alkanes of at least 4 members (excludes halogenated alkanes) is 31. The molecule has 0 fully saturated rings. The van der Waals surface area contributed by atoms with Crippen LogP contribution in [0, 0.1) is 0 Å². The van der Waals surface area contributed by atoms with E-state index in [0.717, 1.165) is 64.2 Å². The number of esters is 1. The first kappa shape index (κ1) is 57.3. The molecule has 1 amide bonds. The maximum Gasteiger partial charge on any atom is 0.306 e. The lowest BCUT2D eigenvalue weighted by molar-refractivity contribution is -0.151. The van der Waals surface area contributed by atoms with E-state index in [9.17, 15) is 19.8 Å². The lowest BCUT2D eigenvalue weighted by atomic mass is 10.0. The van der Waals surface area contributed by atoms with Gasteiger partial charge in [-0.3, -0.25) is 9.59 Å². The molecule has 0 aromatic heterocycles. The highest BCUT2D eigenvalue weighted by atomic mass is 16.5. The lowest BCUT2D eigenvalue weighted by Gasteiger charge is -2.24. The highest BCUT2D eigenvalue weighted by Gasteiger charge is 2.24. The zero-order valence-corrected chi connectivity index (χ0v) is 39.7. The van der Waals surface area contributed by atoms with E-state index < -0.39 is 18.2 Å². The minimum atomic E-state index is -0.789. The molecule has 348 valence electrons. The number of nitrogens with one attached hydrogen (secondary N) is 1. The van der Waals surface area contributed by atoms with Crippen molar-refractivity contribution in [3.05, 3.63) is 24.3 Å². The zero-order valence-electron chi connectivity index (χ0n) is 39.7. The number of ether oxygens (including phenoxy) is 1. The van der Waals surface area contributed by atoms with E-state index in [2.05, 4.69) is 50.4 Å². The molecule has 6 heteroatoms. The predicted molar refractivity (Wildman–Crippen MR) is 255 cm³/mol. The van der Waals surface area contributed by atoms with Crippen LogP contribution >= 0.6 is 0 Å². The molecule has 3 N–H and O–H groups in total. The molecule has 6 nitrogen and oxygen atoms in total. The average Bonchev–Trinajstić information content (AvgIpc) is 3.23. The van der Waals surface area contributed by atoms with Crippen LogP contribution in [0.5, 0.6) is 0 Å². The molecule has 0 aliphatic carbocycles. The Kier molecular flexibility index (Phi) is 46.1. The van der Waals surface area contributed by atoms with Crippen molar-refractivity contribution in [3.63, 3.8) is 0 Å². The summed E-state index contributed by atoms with van der Waals surface area (Å²) in [6.07, 6.45) is 53.8. The Morgan fingerprint density at radius 2 is 0.831 bits per heavy atom. The van der Waals surface area contributed by atoms with Crippen LogP contribution in [0.1, 0.15) is 278 Å². The third-order valence-corrected chi connectivity index (χ3v) is 12.0. The first-order valence-corrected chi connectivity index (χ1v) is 26.1. The molecule has 0 aromatic rings. The second kappa shape index (κ2) is 47.4. The number of aliphatic hydroxyl groups is 2. The van der Waals surface area contributed by atoms with Gasteiger partial charge < -0.3 is 20.3 Å². The third kappa shape index (κ3) is 42.8. The minimum Gasteiger partial charge on any atom is -0.462 e. The summed E-state index contributed by atoms with van der Waals surface area (Å²) in [7, 11) is 0. The van der Waals surface area contributed by atoms with Crippen LogP contribution in [0.25, 0.3) is 0 Å². The number of rotatable bonds is 47. The van der Waals surface area contributed by atoms with E-state index in [1.54, 1.807) is 0 Å². The van der Waals surface area contributed by atoms with Gasteiger partial charge in [-0.1, -0.05) is 218 Å². The summed E-state index contributed by atoms with van der Waals surface area (Å²) in [6.45, 7) is 6.46. The molecule has 0 saturated carbocycles. The molecule has 0 aromatic carbocycles. The minimum absolute atomic E-state index is 0.0676. The maximum atomic E-state index is 13.2. The largest absolute Gasteiger partial charge is 0.462 e. The third-order valence-electron chi connectivity index (χ3n) is 12.0. The number of hydrogen-bond acceptors (Lipinski definition) is 5. The van der Waals surface area contributed by atoms with E-state index in [0.29, 0.717) is 19.3 Å². The van der Waals surface area contributed by atoms with E-state index in [1.807, 2.05) is 0 Å². The van der Waals surface area contributed by atoms with Gasteiger partial charge in [-0.15, -0.1) is 0 Å². The summed E-state index contributed by atoms with van der Waals surface area (Å²) >= 11 is 0. The number of amides is 1. The van der Waals surface area contributed by atoms with Crippen molar-refractivity contribution in [2.24, 2.45) is 0 Å². The van der Waals surface area contributed by atoms with Crippen LogP contribution in [0.4, 0.5) is 0 Å². The van der Waals surface area contributed by atoms with Crippen molar-refractivity contribution in [2.75, 3.05) is 6.61 Å². The predicted octanol–water partition coefficient (Wildman–Crippen LogP) is 15.5. The molecule has 0 bridgehead atoms. The van der Waals surface area contributed by atoms with Gasteiger partial charge in [-0.05, 0) is 70.6 Å². The van der Waals surface area contributed by atoms with Crippen LogP contribution in [0.2, 0.25) is 0 Å². The van der Waals surface area contributed by atoms with E-state index >= 15 is 0 Å². The molecule has 0 heterocycles. The van der Waals surface area contributed by atoms with Gasteiger partial charge >= 0.3 is 5.97 Å². The Balaban J connectivity index is 4.57. The quantitative estimate of drug-likeness (QED) is 0.0322. The normalized spacial score (nSPS) is 13.4. The first-order valence-electron chi connectivity index (χ1n) is 26.1. The van der Waals surface area contributed by atoms with E-state index in [4.69, 9.17) is 4.74 Å². The molecular formula is C53H101NO5. The summed E-state index contributed by atoms with van der Waals surface area (Å²) in [4.78, 5) is 26.1. The second-order valence-corrected chi connectivity index (χ2v) is 17.9. The standard InChI is InChI=1S/C53H101NO5/c1-4-7-10-13-16-19-22-24-25-26-28-30-32-35-38-41-44-49(59-53(58)46-43-40-37-34-29-21-18-15-12-9-6-3)47-52(57)54-50(48-55)51(56)45-42-39-36-33-31-27-23-20-17-14-11-8-5-2/h15,18,28,30,49-51,55-56H,4-14,16-17,19-27,29,31-48H2,1-3H3,(H,54,57)/b18-15-,30-28+. The van der Waals surface area contributed by atoms with Gasteiger partial charge in [0.25, 0.3) is 0 Å². The summed E-state index contributed by atoms with van der Waals surface area (Å²) in [5.41, 5.74) is 0. The Labute approximate surface area is 367 Å². The molecule has 0 rings (SSSR count). The van der Waals surface area contributed by atoms with Crippen molar-refractivity contribution in [3.8, 4) is 0 Å². The molecule has 3 unspecified atom stereocenters. The molecule has 0 aliphatic heterocycles. The van der Waals surface area contributed by atoms with Crippen LogP contribution in [0.3, 0.4) is 0 Å². The molecular weight excluding hydrogens is 731 g/mol. The zero-order chi connectivity index (χ0) is 43.1. The highest BCUT2D eigenvalue weighted by Crippen LogP contribution is 2.18. The number of aliphatic hydroxyl groups excluding tert-OH is 2. The fourth-order valence-electron chi connectivity index (χ4n) is 7.99. The van der Waals surface area contributed by atoms with Crippen molar-refractivity contribution in [2.45, 2.75) is 296 Å². The van der Waals surface area contributed by atoms with Gasteiger partial charge in [-0.2, -0.15) is 0 Å². The van der Waals surface area contributed by atoms with Crippen molar-refractivity contribution in [1.29, 1.82) is 0 Å². The molecule has 0 radical (unpaired) electrons. The molecule has 3 atom stereocenters. The van der Waals surface area contributed by atoms with Gasteiger partial charge in [0.1, 0.15) is 6.10 Å². The lowest BCUT2D eigenvalue weighted by Crippen LogP contribution is -2.46. The first-order chi connectivity index (χ1) is 29.0. The molecule has 0 aliphatic rings. The van der Waals surface area contributed by atoms with Crippen LogP contribution < -0.4 is 5.32 Å². The highest BCUT2D eigenvalue weighted by molar-refractivity contribution is 5.77. The number of allylic oxidation sites excluding steroid dienone is 4. The Morgan fingerprint density at radius 1 is 0.475 bits per heavy atom. The van der Waals surface area contributed by atoms with Crippen molar-refractivity contribution in [1.82, 2.24) is 5.32 Å². The fraction of sp³-hybridized carbons (Fsp3) is 0.887. The van der Waals surface area contributed by atoms with Gasteiger partial charge in [-0.25, -0.2) is 0 Å². The number of carbonyl (C=O) groups is 2. The second-order valence-electron chi connectivity index (χ2n) is 17.9. The van der Waals surface area contributed by atoms with Crippen LogP contribution in [0.15, 0.2) is 24.3 Å². The fourth-order valence-corrected chi connectivity index (χ4v) is 7.99. The Hall–Kier alpha value is -1.66. The Morgan fingerprint density at radius 3 is 1.27 bits per heavy atom. The smallest absolute Gasteiger partial charge is 0.306 e. The summed E-state index contributed by atoms with van der Waals surface area (Å²) in [5.74, 6) is -0.489. The molecule has 0 spiro atoms. The van der Waals surface area contributed by atoms with Gasteiger partial charge in [0, 0.05) is 6.42 Å². The summed E-state index contributed by atoms with van der Waals surface area (Å²) in [5, 5.41) is 23.8. The Bertz CT molecular complexity index is 935. The van der Waals surface area contributed by atoms with Gasteiger partial charge in [0.2, 0.25) is 5.91 Å². The number of hydrogen-bond donors (Lipinski definition) is 3. The maximum absolute atomic E-state index is 13.2. The van der Waals surface area contributed by atoms with E-state index in [-0.39, 0.29) is 24.9 Å². The van der Waals surface area contributed by atoms with Crippen molar-refractivity contribution >= 4 is 11.9 Å². The molecule has 0 saturated heterocycles. The monoisotopic (exact) mass is 832 g/mol. The molecule has 59 heavy (non-hydrogen) atoms. The topological polar surface area (TPSA) is 95.9 Å².